The molecular formula is C12H12F3NO4. The Hall–Kier alpha value is -2.09. The normalized spacial score (nSPS) is 12.7. The molecule has 1 unspecified atom stereocenters. The number of hydrogen-bond acceptors (Lipinski definition) is 4. The van der Waals surface area contributed by atoms with E-state index in [2.05, 4.69) is 4.74 Å². The molecule has 2 N–H and O–H groups in total. The molecule has 0 heterocycles. The van der Waals surface area contributed by atoms with E-state index in [1.807, 2.05) is 5.32 Å². The molecule has 0 aliphatic heterocycles. The number of carbonyl (C=O) groups excluding carboxylic acids is 2. The number of hydrogen-bond donors (Lipinski definition) is 2. The van der Waals surface area contributed by atoms with Crippen LogP contribution in [-0.2, 0) is 15.7 Å². The largest absolute Gasteiger partial charge is 0.467 e. The highest BCUT2D eigenvalue weighted by atomic mass is 19.4. The first-order valence-electron chi connectivity index (χ1n) is 5.47. The Bertz CT molecular complexity index is 502. The lowest BCUT2D eigenvalue weighted by Crippen LogP contribution is -2.37. The number of alkyl halides is 3. The topological polar surface area (TPSA) is 75.6 Å². The molecule has 0 radical (unpaired) electrons. The van der Waals surface area contributed by atoms with Gasteiger partial charge in [0.1, 0.15) is 0 Å². The van der Waals surface area contributed by atoms with Crippen molar-refractivity contribution in [3.05, 3.63) is 35.4 Å². The number of halogens is 3. The van der Waals surface area contributed by atoms with Gasteiger partial charge in [-0.25, -0.2) is 4.79 Å². The Kier molecular flexibility index (Phi) is 5.09. The van der Waals surface area contributed by atoms with Gasteiger partial charge in [-0.2, -0.15) is 13.2 Å². The SMILES string of the molecule is COC(=O)C(O)CNC(=O)c1ccccc1C(F)(F)F. The lowest BCUT2D eigenvalue weighted by atomic mass is 10.1. The summed E-state index contributed by atoms with van der Waals surface area (Å²) in [6, 6.07) is 4.21. The zero-order valence-corrected chi connectivity index (χ0v) is 10.4. The fourth-order valence-electron chi connectivity index (χ4n) is 1.43. The first-order valence-corrected chi connectivity index (χ1v) is 5.47. The highest BCUT2D eigenvalue weighted by molar-refractivity contribution is 5.96. The summed E-state index contributed by atoms with van der Waals surface area (Å²) in [5.41, 5.74) is -1.68. The van der Waals surface area contributed by atoms with E-state index in [1.54, 1.807) is 0 Å². The maximum Gasteiger partial charge on any atom is 0.417 e. The molecule has 8 heteroatoms. The van der Waals surface area contributed by atoms with Gasteiger partial charge in [0, 0.05) is 0 Å². The molecule has 1 amide bonds. The first-order chi connectivity index (χ1) is 9.27. The average molecular weight is 291 g/mol. The zero-order chi connectivity index (χ0) is 15.3. The van der Waals surface area contributed by atoms with Crippen molar-refractivity contribution in [3.63, 3.8) is 0 Å². The standard InChI is InChI=1S/C12H12F3NO4/c1-20-11(19)9(17)6-16-10(18)7-4-2-3-5-8(7)12(13,14)15/h2-5,9,17H,6H2,1H3,(H,16,18). The van der Waals surface area contributed by atoms with Crippen LogP contribution in [0, 0.1) is 0 Å². The molecule has 20 heavy (non-hydrogen) atoms. The molecule has 0 aliphatic carbocycles. The summed E-state index contributed by atoms with van der Waals surface area (Å²) in [7, 11) is 1.03. The number of nitrogens with one attached hydrogen (secondary N) is 1. The second-order valence-electron chi connectivity index (χ2n) is 3.79. The summed E-state index contributed by atoms with van der Waals surface area (Å²) < 4.78 is 42.3. The van der Waals surface area contributed by atoms with E-state index in [0.29, 0.717) is 0 Å². The van der Waals surface area contributed by atoms with Crippen molar-refractivity contribution >= 4 is 11.9 Å². The number of benzene rings is 1. The van der Waals surface area contributed by atoms with Gasteiger partial charge in [0.05, 0.1) is 24.8 Å². The van der Waals surface area contributed by atoms with E-state index in [1.165, 1.54) is 6.07 Å². The molecule has 1 aromatic rings. The van der Waals surface area contributed by atoms with Gasteiger partial charge < -0.3 is 15.2 Å². The predicted octanol–water partition coefficient (Wildman–Crippen LogP) is 0.969. The minimum atomic E-state index is -4.67. The number of aliphatic hydroxyl groups is 1. The number of ether oxygens (including phenoxy) is 1. The third-order valence-electron chi connectivity index (χ3n) is 2.41. The molecule has 1 rings (SSSR count). The second-order valence-corrected chi connectivity index (χ2v) is 3.79. The van der Waals surface area contributed by atoms with Crippen LogP contribution in [0.25, 0.3) is 0 Å². The van der Waals surface area contributed by atoms with Crippen molar-refractivity contribution in [2.24, 2.45) is 0 Å². The van der Waals surface area contributed by atoms with Gasteiger partial charge in [-0.05, 0) is 12.1 Å². The van der Waals surface area contributed by atoms with Crippen LogP contribution in [0.2, 0.25) is 0 Å². The molecular weight excluding hydrogens is 279 g/mol. The summed E-state index contributed by atoms with van der Waals surface area (Å²) in [5, 5.41) is 11.3. The van der Waals surface area contributed by atoms with E-state index >= 15 is 0 Å². The Balaban J connectivity index is 2.81. The fraction of sp³-hybridized carbons (Fsp3) is 0.333. The van der Waals surface area contributed by atoms with Crippen LogP contribution in [0.5, 0.6) is 0 Å². The third-order valence-corrected chi connectivity index (χ3v) is 2.41. The highest BCUT2D eigenvalue weighted by Gasteiger charge is 2.34. The highest BCUT2D eigenvalue weighted by Crippen LogP contribution is 2.31. The number of amides is 1. The summed E-state index contributed by atoms with van der Waals surface area (Å²) in [6.45, 7) is -0.544. The maximum absolute atomic E-state index is 12.7. The molecule has 0 spiro atoms. The lowest BCUT2D eigenvalue weighted by molar-refractivity contribution is -0.150. The van der Waals surface area contributed by atoms with Gasteiger partial charge in [0.25, 0.3) is 5.91 Å². The lowest BCUT2D eigenvalue weighted by Gasteiger charge is -2.13. The molecule has 1 atom stereocenters. The van der Waals surface area contributed by atoms with Crippen molar-refractivity contribution < 1.29 is 32.6 Å². The Labute approximate surface area is 112 Å². The molecule has 0 aromatic heterocycles. The molecule has 110 valence electrons. The van der Waals surface area contributed by atoms with Gasteiger partial charge in [-0.3, -0.25) is 4.79 Å². The minimum Gasteiger partial charge on any atom is -0.467 e. The van der Waals surface area contributed by atoms with Crippen molar-refractivity contribution in [1.82, 2.24) is 5.32 Å². The number of rotatable bonds is 4. The summed E-state index contributed by atoms with van der Waals surface area (Å²) >= 11 is 0. The Morgan fingerprint density at radius 1 is 1.35 bits per heavy atom. The zero-order valence-electron chi connectivity index (χ0n) is 10.4. The van der Waals surface area contributed by atoms with Crippen molar-refractivity contribution in [2.45, 2.75) is 12.3 Å². The van der Waals surface area contributed by atoms with E-state index in [0.717, 1.165) is 25.3 Å². The summed E-state index contributed by atoms with van der Waals surface area (Å²) in [4.78, 5) is 22.5. The first kappa shape index (κ1) is 16.0. The van der Waals surface area contributed by atoms with Crippen LogP contribution in [0.1, 0.15) is 15.9 Å². The summed E-state index contributed by atoms with van der Waals surface area (Å²) in [6.07, 6.45) is -6.31. The molecule has 0 aliphatic rings. The van der Waals surface area contributed by atoms with E-state index < -0.39 is 41.8 Å². The van der Waals surface area contributed by atoms with Crippen molar-refractivity contribution in [2.75, 3.05) is 13.7 Å². The van der Waals surface area contributed by atoms with Crippen LogP contribution in [-0.4, -0.2) is 36.7 Å². The fourth-order valence-corrected chi connectivity index (χ4v) is 1.43. The quantitative estimate of drug-likeness (QED) is 0.811. The Morgan fingerprint density at radius 2 is 1.95 bits per heavy atom. The smallest absolute Gasteiger partial charge is 0.417 e. The van der Waals surface area contributed by atoms with Crippen LogP contribution in [0.15, 0.2) is 24.3 Å². The average Bonchev–Trinajstić information content (AvgIpc) is 2.42. The van der Waals surface area contributed by atoms with Crippen LogP contribution < -0.4 is 5.32 Å². The van der Waals surface area contributed by atoms with Gasteiger partial charge in [-0.15, -0.1) is 0 Å². The number of carbonyl (C=O) groups is 2. The van der Waals surface area contributed by atoms with Gasteiger partial charge >= 0.3 is 12.1 Å². The van der Waals surface area contributed by atoms with Crippen molar-refractivity contribution in [3.8, 4) is 0 Å². The van der Waals surface area contributed by atoms with Gasteiger partial charge in [0.2, 0.25) is 0 Å². The predicted molar refractivity (Wildman–Crippen MR) is 61.8 cm³/mol. The van der Waals surface area contributed by atoms with E-state index in [9.17, 15) is 27.9 Å². The number of esters is 1. The minimum absolute atomic E-state index is 0.544. The van der Waals surface area contributed by atoms with E-state index in [-0.39, 0.29) is 0 Å². The second kappa shape index (κ2) is 6.38. The van der Waals surface area contributed by atoms with Crippen molar-refractivity contribution in [1.29, 1.82) is 0 Å². The summed E-state index contributed by atoms with van der Waals surface area (Å²) in [5.74, 6) is -2.03. The molecule has 0 saturated heterocycles. The molecule has 5 nitrogen and oxygen atoms in total. The van der Waals surface area contributed by atoms with Gasteiger partial charge in [0.15, 0.2) is 6.10 Å². The van der Waals surface area contributed by atoms with Gasteiger partial charge in [-0.1, -0.05) is 12.1 Å². The van der Waals surface area contributed by atoms with Crippen LogP contribution in [0.3, 0.4) is 0 Å². The maximum atomic E-state index is 12.7. The molecule has 0 fully saturated rings. The molecule has 1 aromatic carbocycles. The monoisotopic (exact) mass is 291 g/mol. The molecule has 0 bridgehead atoms. The third kappa shape index (κ3) is 3.95. The Morgan fingerprint density at radius 3 is 2.50 bits per heavy atom. The number of aliphatic hydroxyl groups excluding tert-OH is 1. The number of methoxy groups -OCH3 is 1. The molecule has 0 saturated carbocycles. The van der Waals surface area contributed by atoms with E-state index in [4.69, 9.17) is 0 Å². The van der Waals surface area contributed by atoms with Crippen LogP contribution >= 0.6 is 0 Å². The van der Waals surface area contributed by atoms with Crippen LogP contribution in [0.4, 0.5) is 13.2 Å².